The maximum Gasteiger partial charge on any atom is 0.410 e. The van der Waals surface area contributed by atoms with Gasteiger partial charge in [-0.2, -0.15) is 0 Å². The van der Waals surface area contributed by atoms with Gasteiger partial charge in [0.1, 0.15) is 11.6 Å². The molecule has 2 N–H and O–H groups in total. The topological polar surface area (TPSA) is 91.0 Å². The number of benzene rings is 2. The fourth-order valence-corrected chi connectivity index (χ4v) is 5.96. The molecule has 3 amide bonds. The number of likely N-dealkylation sites (tertiary alicyclic amines) is 1. The molecule has 2 fully saturated rings. The number of piperidine rings is 2. The summed E-state index contributed by atoms with van der Waals surface area (Å²) in [5.41, 5.74) is 3.87. The molecule has 2 saturated heterocycles. The van der Waals surface area contributed by atoms with Crippen LogP contribution in [0.5, 0.6) is 0 Å². The van der Waals surface area contributed by atoms with E-state index in [4.69, 9.17) is 4.74 Å². The van der Waals surface area contributed by atoms with E-state index in [1.54, 1.807) is 29.2 Å². The molecule has 0 aromatic heterocycles. The number of halogens is 2. The highest BCUT2D eigenvalue weighted by atomic mass is 19.3. The lowest BCUT2D eigenvalue weighted by Crippen LogP contribution is -2.47. The Morgan fingerprint density at radius 2 is 1.83 bits per heavy atom. The lowest BCUT2D eigenvalue weighted by Gasteiger charge is -2.39. The summed E-state index contributed by atoms with van der Waals surface area (Å²) in [7, 11) is 0. The molecule has 2 aromatic carbocycles. The number of hydrogen-bond acceptors (Lipinski definition) is 6. The molecule has 0 saturated carbocycles. The fraction of sp³-hybridized carbons (Fsp3) is 0.516. The Morgan fingerprint density at radius 3 is 2.51 bits per heavy atom. The minimum atomic E-state index is -2.90. The van der Waals surface area contributed by atoms with Gasteiger partial charge in [0.25, 0.3) is 5.92 Å². The lowest BCUT2D eigenvalue weighted by atomic mass is 9.85. The number of rotatable bonds is 5. The number of fused-ring (bicyclic) bond motifs is 1. The van der Waals surface area contributed by atoms with Gasteiger partial charge in [0.15, 0.2) is 0 Å². The molecular weight excluding hydrogens is 530 g/mol. The molecule has 3 aliphatic heterocycles. The SMILES string of the molecule is CC(C)(C)OC(=O)N1CCc2c(CN3CCC(c4ccc(NC5CCC(=O)NC5=O)cc4)C(F)(F)C3)cccc2C1. The molecule has 0 radical (unpaired) electrons. The summed E-state index contributed by atoms with van der Waals surface area (Å²) in [6, 6.07) is 12.2. The van der Waals surface area contributed by atoms with Gasteiger partial charge in [-0.3, -0.25) is 19.8 Å². The normalized spacial score (nSPS) is 23.0. The van der Waals surface area contributed by atoms with Crippen LogP contribution < -0.4 is 10.6 Å². The Balaban J connectivity index is 1.20. The smallest absolute Gasteiger partial charge is 0.410 e. The number of carbonyl (C=O) groups excluding carboxylic acids is 3. The highest BCUT2D eigenvalue weighted by Gasteiger charge is 2.45. The molecule has 10 heteroatoms. The number of carbonyl (C=O) groups is 3. The summed E-state index contributed by atoms with van der Waals surface area (Å²) < 4.78 is 36.5. The molecule has 2 atom stereocenters. The molecule has 220 valence electrons. The molecule has 3 aliphatic rings. The third-order valence-corrected chi connectivity index (χ3v) is 7.98. The van der Waals surface area contributed by atoms with Crippen molar-refractivity contribution in [1.82, 2.24) is 15.1 Å². The van der Waals surface area contributed by atoms with Gasteiger partial charge in [-0.05, 0) is 81.0 Å². The van der Waals surface area contributed by atoms with E-state index >= 15 is 8.78 Å². The van der Waals surface area contributed by atoms with Crippen molar-refractivity contribution in [3.8, 4) is 0 Å². The number of amides is 3. The Labute approximate surface area is 239 Å². The van der Waals surface area contributed by atoms with Crippen molar-refractivity contribution < 1.29 is 27.9 Å². The fourth-order valence-electron chi connectivity index (χ4n) is 5.96. The lowest BCUT2D eigenvalue weighted by molar-refractivity contribution is -0.133. The maximum atomic E-state index is 15.5. The van der Waals surface area contributed by atoms with E-state index in [1.165, 1.54) is 0 Å². The van der Waals surface area contributed by atoms with Gasteiger partial charge in [0, 0.05) is 31.7 Å². The predicted octanol–water partition coefficient (Wildman–Crippen LogP) is 4.82. The van der Waals surface area contributed by atoms with E-state index < -0.39 is 23.5 Å². The number of anilines is 1. The summed E-state index contributed by atoms with van der Waals surface area (Å²) in [5.74, 6) is -4.45. The van der Waals surface area contributed by atoms with Crippen LogP contribution >= 0.6 is 0 Å². The van der Waals surface area contributed by atoms with Crippen LogP contribution in [-0.2, 0) is 33.8 Å². The molecule has 5 rings (SSSR count). The Hall–Kier alpha value is -3.53. The largest absolute Gasteiger partial charge is 0.444 e. The number of nitrogens with zero attached hydrogens (tertiary/aromatic N) is 2. The van der Waals surface area contributed by atoms with E-state index in [1.807, 2.05) is 43.9 Å². The van der Waals surface area contributed by atoms with Crippen molar-refractivity contribution in [2.24, 2.45) is 0 Å². The first-order chi connectivity index (χ1) is 19.4. The zero-order chi connectivity index (χ0) is 29.4. The van der Waals surface area contributed by atoms with Crippen LogP contribution in [0.15, 0.2) is 42.5 Å². The molecule has 2 aromatic rings. The quantitative estimate of drug-likeness (QED) is 0.503. The van der Waals surface area contributed by atoms with Crippen LogP contribution in [0.25, 0.3) is 0 Å². The van der Waals surface area contributed by atoms with Crippen LogP contribution in [0, 0.1) is 0 Å². The Morgan fingerprint density at radius 1 is 1.07 bits per heavy atom. The van der Waals surface area contributed by atoms with E-state index in [0.29, 0.717) is 56.7 Å². The number of ether oxygens (including phenoxy) is 1. The van der Waals surface area contributed by atoms with E-state index in [2.05, 4.69) is 10.6 Å². The second-order valence-corrected chi connectivity index (χ2v) is 12.3. The highest BCUT2D eigenvalue weighted by Crippen LogP contribution is 2.41. The van der Waals surface area contributed by atoms with E-state index in [0.717, 1.165) is 16.7 Å². The predicted molar refractivity (Wildman–Crippen MR) is 151 cm³/mol. The minimum Gasteiger partial charge on any atom is -0.444 e. The van der Waals surface area contributed by atoms with Gasteiger partial charge < -0.3 is 15.0 Å². The minimum absolute atomic E-state index is 0.266. The van der Waals surface area contributed by atoms with Crippen LogP contribution in [0.1, 0.15) is 68.2 Å². The standard InChI is InChI=1S/C31H38F2N4O4/c1-30(2,3)41-29(40)37-16-13-24-21(5-4-6-22(24)18-37)17-36-15-14-25(31(32,33)19-36)20-7-9-23(10-8-20)34-26-11-12-27(38)35-28(26)39/h4-10,25-26,34H,11-19H2,1-3H3,(H,35,38,39). The Bertz CT molecular complexity index is 1310. The first-order valence-corrected chi connectivity index (χ1v) is 14.3. The Kier molecular flexibility index (Phi) is 8.05. The van der Waals surface area contributed by atoms with Crippen molar-refractivity contribution in [1.29, 1.82) is 0 Å². The van der Waals surface area contributed by atoms with Crippen molar-refractivity contribution in [3.05, 3.63) is 64.7 Å². The zero-order valence-corrected chi connectivity index (χ0v) is 23.8. The summed E-state index contributed by atoms with van der Waals surface area (Å²) in [6.45, 7) is 7.16. The second kappa shape index (κ2) is 11.4. The third-order valence-electron chi connectivity index (χ3n) is 7.98. The number of alkyl halides is 2. The average molecular weight is 569 g/mol. The molecule has 0 bridgehead atoms. The van der Waals surface area contributed by atoms with Gasteiger partial charge in [0.2, 0.25) is 11.8 Å². The van der Waals surface area contributed by atoms with Crippen LogP contribution in [0.4, 0.5) is 19.3 Å². The van der Waals surface area contributed by atoms with E-state index in [-0.39, 0.29) is 30.9 Å². The van der Waals surface area contributed by atoms with Gasteiger partial charge in [-0.25, -0.2) is 13.6 Å². The summed E-state index contributed by atoms with van der Waals surface area (Å²) in [6.07, 6.45) is 1.32. The first kappa shape index (κ1) is 29.0. The van der Waals surface area contributed by atoms with Crippen molar-refractivity contribution >= 4 is 23.6 Å². The average Bonchev–Trinajstić information content (AvgIpc) is 2.89. The zero-order valence-electron chi connectivity index (χ0n) is 23.8. The van der Waals surface area contributed by atoms with Crippen molar-refractivity contribution in [3.63, 3.8) is 0 Å². The van der Waals surface area contributed by atoms with Gasteiger partial charge in [-0.15, -0.1) is 0 Å². The summed E-state index contributed by atoms with van der Waals surface area (Å²) in [4.78, 5) is 39.5. The first-order valence-electron chi connectivity index (χ1n) is 14.3. The van der Waals surface area contributed by atoms with Gasteiger partial charge in [-0.1, -0.05) is 30.3 Å². The summed E-state index contributed by atoms with van der Waals surface area (Å²) in [5, 5.41) is 5.40. The van der Waals surface area contributed by atoms with Crippen LogP contribution in [0.3, 0.4) is 0 Å². The highest BCUT2D eigenvalue weighted by molar-refractivity contribution is 6.01. The number of imide groups is 1. The third kappa shape index (κ3) is 6.86. The molecule has 8 nitrogen and oxygen atoms in total. The van der Waals surface area contributed by atoms with E-state index in [9.17, 15) is 14.4 Å². The van der Waals surface area contributed by atoms with Gasteiger partial charge in [0.05, 0.1) is 12.5 Å². The van der Waals surface area contributed by atoms with Crippen LogP contribution in [0.2, 0.25) is 0 Å². The molecule has 0 spiro atoms. The van der Waals surface area contributed by atoms with Crippen LogP contribution in [-0.4, -0.2) is 64.9 Å². The molecule has 41 heavy (non-hydrogen) atoms. The van der Waals surface area contributed by atoms with Crippen molar-refractivity contribution in [2.75, 3.05) is 25.0 Å². The monoisotopic (exact) mass is 568 g/mol. The number of hydrogen-bond donors (Lipinski definition) is 2. The van der Waals surface area contributed by atoms with Crippen molar-refractivity contribution in [2.45, 2.75) is 83.0 Å². The molecular formula is C31H38F2N4O4. The number of nitrogens with one attached hydrogen (secondary N) is 2. The maximum absolute atomic E-state index is 15.5. The second-order valence-electron chi connectivity index (χ2n) is 12.3. The summed E-state index contributed by atoms with van der Waals surface area (Å²) >= 11 is 0. The van der Waals surface area contributed by atoms with Gasteiger partial charge >= 0.3 is 6.09 Å². The molecule has 3 heterocycles. The molecule has 0 aliphatic carbocycles. The molecule has 2 unspecified atom stereocenters.